The molecule has 0 aromatic carbocycles. The summed E-state index contributed by atoms with van der Waals surface area (Å²) in [6.07, 6.45) is 3.07. The number of aliphatic hydroxyl groups is 1. The van der Waals surface area contributed by atoms with E-state index in [2.05, 4.69) is 0 Å². The smallest absolute Gasteiger partial charge is 0.346 e. The Hall–Kier alpha value is -1.95. The number of allylic oxidation sites excluding steroid dienone is 1. The van der Waals surface area contributed by atoms with Crippen LogP contribution in [0.2, 0.25) is 0 Å². The Bertz CT molecular complexity index is 749. The van der Waals surface area contributed by atoms with Crippen LogP contribution in [0, 0.1) is 17.8 Å². The minimum atomic E-state index is -1.19. The molecule has 0 unspecified atom stereocenters. The third kappa shape index (κ3) is 1.97. The second kappa shape index (κ2) is 5.04. The highest BCUT2D eigenvalue weighted by Crippen LogP contribution is 2.60. The molecule has 0 radical (unpaired) electrons. The lowest BCUT2D eigenvalue weighted by Gasteiger charge is -2.59. The molecular formula is C19H22O6. The standard InChI is InChI=1S/C19H22O6/c1-9-4-6-13(21)14-16-19(25-17(14)23)8-10(2)18(3,24-16)15(22)11(19)5-7-12(9)20/h5,7,9-11,15,22H,4,6,8H2,1-3H3/b7-5+/t9-,10-,11-,15-,18-,19-/m1/s1. The number of hydrogen-bond acceptors (Lipinski definition) is 6. The summed E-state index contributed by atoms with van der Waals surface area (Å²) in [4.78, 5) is 37.5. The van der Waals surface area contributed by atoms with Gasteiger partial charge in [0.1, 0.15) is 17.3 Å². The molecule has 5 aliphatic rings. The maximum atomic E-state index is 12.7. The minimum Gasteiger partial charge on any atom is -0.484 e. The fourth-order valence-electron chi connectivity index (χ4n) is 4.61. The highest BCUT2D eigenvalue weighted by Gasteiger charge is 2.70. The van der Waals surface area contributed by atoms with Gasteiger partial charge in [0.15, 0.2) is 22.9 Å². The monoisotopic (exact) mass is 346 g/mol. The van der Waals surface area contributed by atoms with E-state index in [0.29, 0.717) is 12.8 Å². The molecule has 25 heavy (non-hydrogen) atoms. The van der Waals surface area contributed by atoms with Gasteiger partial charge in [-0.25, -0.2) is 4.79 Å². The lowest BCUT2D eigenvalue weighted by Crippen LogP contribution is -2.69. The van der Waals surface area contributed by atoms with Crippen molar-refractivity contribution in [1.29, 1.82) is 0 Å². The molecule has 0 amide bonds. The second-order valence-corrected chi connectivity index (χ2v) is 7.97. The number of aliphatic hydroxyl groups excluding tert-OH is 1. The highest BCUT2D eigenvalue weighted by atomic mass is 16.6. The largest absolute Gasteiger partial charge is 0.484 e. The third-order valence-electron chi connectivity index (χ3n) is 6.50. The van der Waals surface area contributed by atoms with Crippen molar-refractivity contribution in [2.24, 2.45) is 17.8 Å². The van der Waals surface area contributed by atoms with E-state index in [1.165, 1.54) is 6.08 Å². The minimum absolute atomic E-state index is 0.0371. The summed E-state index contributed by atoms with van der Waals surface area (Å²) in [5, 5.41) is 10.9. The van der Waals surface area contributed by atoms with Crippen molar-refractivity contribution in [3.05, 3.63) is 23.5 Å². The van der Waals surface area contributed by atoms with Crippen LogP contribution in [-0.4, -0.2) is 39.9 Å². The van der Waals surface area contributed by atoms with Gasteiger partial charge in [-0.3, -0.25) is 9.59 Å². The normalized spacial score (nSPS) is 47.3. The molecule has 1 N–H and O–H groups in total. The molecule has 134 valence electrons. The number of ether oxygens (including phenoxy) is 2. The summed E-state index contributed by atoms with van der Waals surface area (Å²) < 4.78 is 11.7. The Morgan fingerprint density at radius 3 is 2.64 bits per heavy atom. The van der Waals surface area contributed by atoms with Gasteiger partial charge in [0, 0.05) is 24.7 Å². The van der Waals surface area contributed by atoms with Gasteiger partial charge in [0.05, 0.1) is 5.92 Å². The van der Waals surface area contributed by atoms with Crippen LogP contribution in [0.5, 0.6) is 0 Å². The third-order valence-corrected chi connectivity index (χ3v) is 6.50. The molecule has 3 heterocycles. The van der Waals surface area contributed by atoms with Gasteiger partial charge in [-0.2, -0.15) is 0 Å². The summed E-state index contributed by atoms with van der Waals surface area (Å²) in [5.74, 6) is -1.86. The molecular weight excluding hydrogens is 324 g/mol. The van der Waals surface area contributed by atoms with Crippen LogP contribution in [0.15, 0.2) is 23.5 Å². The zero-order valence-electron chi connectivity index (χ0n) is 14.6. The van der Waals surface area contributed by atoms with Crippen molar-refractivity contribution in [2.45, 2.75) is 57.3 Å². The lowest BCUT2D eigenvalue weighted by molar-refractivity contribution is -0.262. The van der Waals surface area contributed by atoms with Crippen LogP contribution in [-0.2, 0) is 23.9 Å². The predicted molar refractivity (Wildman–Crippen MR) is 86.2 cm³/mol. The van der Waals surface area contributed by atoms with Gasteiger partial charge in [-0.05, 0) is 19.4 Å². The number of Topliss-reactive ketones (excluding diaryl/α,β-unsaturated/α-hetero) is 1. The maximum absolute atomic E-state index is 12.7. The summed E-state index contributed by atoms with van der Waals surface area (Å²) in [6.45, 7) is 5.48. The van der Waals surface area contributed by atoms with Crippen molar-refractivity contribution < 1.29 is 29.0 Å². The average molecular weight is 346 g/mol. The van der Waals surface area contributed by atoms with E-state index < -0.39 is 29.2 Å². The van der Waals surface area contributed by atoms with Crippen LogP contribution in [0.4, 0.5) is 0 Å². The fourth-order valence-corrected chi connectivity index (χ4v) is 4.61. The second-order valence-electron chi connectivity index (χ2n) is 7.97. The molecule has 6 nitrogen and oxygen atoms in total. The Balaban J connectivity index is 1.94. The van der Waals surface area contributed by atoms with E-state index in [1.807, 2.05) is 6.92 Å². The Morgan fingerprint density at radius 2 is 1.92 bits per heavy atom. The molecule has 6 heteroatoms. The molecule has 5 bridgehead atoms. The average Bonchev–Trinajstić information content (AvgIpc) is 2.82. The molecule has 5 rings (SSSR count). The van der Waals surface area contributed by atoms with E-state index in [0.717, 1.165) is 0 Å². The Morgan fingerprint density at radius 1 is 1.20 bits per heavy atom. The zero-order chi connectivity index (χ0) is 18.1. The van der Waals surface area contributed by atoms with Gasteiger partial charge in [0.2, 0.25) is 0 Å². The molecule has 1 spiro atoms. The number of carbonyl (C=O) groups is 3. The van der Waals surface area contributed by atoms with E-state index in [-0.39, 0.29) is 41.2 Å². The number of carbonyl (C=O) groups excluding carboxylic acids is 3. The molecule has 0 aromatic rings. The van der Waals surface area contributed by atoms with E-state index in [1.54, 1.807) is 19.9 Å². The quantitative estimate of drug-likeness (QED) is 0.528. The van der Waals surface area contributed by atoms with Crippen LogP contribution < -0.4 is 0 Å². The van der Waals surface area contributed by atoms with E-state index in [9.17, 15) is 19.5 Å². The van der Waals surface area contributed by atoms with Gasteiger partial charge in [-0.15, -0.1) is 0 Å². The van der Waals surface area contributed by atoms with Crippen molar-refractivity contribution in [1.82, 2.24) is 0 Å². The van der Waals surface area contributed by atoms with Gasteiger partial charge >= 0.3 is 5.97 Å². The molecule has 6 atom stereocenters. The molecule has 0 aromatic heterocycles. The van der Waals surface area contributed by atoms with Crippen molar-refractivity contribution >= 4 is 17.5 Å². The van der Waals surface area contributed by atoms with Gasteiger partial charge in [0.25, 0.3) is 0 Å². The Labute approximate surface area is 145 Å². The van der Waals surface area contributed by atoms with E-state index in [4.69, 9.17) is 9.47 Å². The van der Waals surface area contributed by atoms with Crippen molar-refractivity contribution in [3.8, 4) is 0 Å². The molecule has 1 saturated carbocycles. The summed E-state index contributed by atoms with van der Waals surface area (Å²) >= 11 is 0. The van der Waals surface area contributed by atoms with Crippen molar-refractivity contribution in [3.63, 3.8) is 0 Å². The van der Waals surface area contributed by atoms with Crippen molar-refractivity contribution in [2.75, 3.05) is 0 Å². The highest BCUT2D eigenvalue weighted by molar-refractivity contribution is 6.19. The molecule has 3 fully saturated rings. The number of hydrogen-bond donors (Lipinski definition) is 1. The van der Waals surface area contributed by atoms with E-state index >= 15 is 0 Å². The first-order chi connectivity index (χ1) is 11.7. The topological polar surface area (TPSA) is 89.9 Å². The van der Waals surface area contributed by atoms with Crippen LogP contribution in [0.3, 0.4) is 0 Å². The van der Waals surface area contributed by atoms with Crippen LogP contribution >= 0.6 is 0 Å². The lowest BCUT2D eigenvalue weighted by atomic mass is 9.59. The van der Waals surface area contributed by atoms with Gasteiger partial charge in [-0.1, -0.05) is 19.9 Å². The SMILES string of the molecule is C[C@@H]1CCC(=O)C2=C3O[C@]4(C)[C@H](C)C[C@@]3(OC2=O)[C@H](/C=C/C1=O)[C@H]4O. The molecule has 2 aliphatic carbocycles. The molecule has 3 aliphatic heterocycles. The number of ketones is 2. The summed E-state index contributed by atoms with van der Waals surface area (Å²) in [7, 11) is 0. The fraction of sp³-hybridized carbons (Fsp3) is 0.632. The molecule has 2 saturated heterocycles. The summed E-state index contributed by atoms with van der Waals surface area (Å²) in [5.41, 5.74) is -2.16. The number of esters is 1. The van der Waals surface area contributed by atoms with Crippen LogP contribution in [0.25, 0.3) is 0 Å². The number of rotatable bonds is 0. The Kier molecular flexibility index (Phi) is 3.33. The summed E-state index contributed by atoms with van der Waals surface area (Å²) in [6, 6.07) is 0. The van der Waals surface area contributed by atoms with Gasteiger partial charge < -0.3 is 14.6 Å². The first kappa shape index (κ1) is 16.5. The predicted octanol–water partition coefficient (Wildman–Crippen LogP) is 1.47. The van der Waals surface area contributed by atoms with Crippen LogP contribution in [0.1, 0.15) is 40.0 Å². The maximum Gasteiger partial charge on any atom is 0.346 e. The zero-order valence-corrected chi connectivity index (χ0v) is 14.6. The number of fused-ring (bicyclic) bond motifs is 1. The first-order valence-electron chi connectivity index (χ1n) is 8.81. The first-order valence-corrected chi connectivity index (χ1v) is 8.81.